The lowest BCUT2D eigenvalue weighted by Crippen LogP contribution is -2.51. The van der Waals surface area contributed by atoms with Crippen molar-refractivity contribution in [2.24, 2.45) is 0 Å². The monoisotopic (exact) mass is 479 g/mol. The second-order valence-corrected chi connectivity index (χ2v) is 9.14. The van der Waals surface area contributed by atoms with Crippen LogP contribution in [0.1, 0.15) is 39.1 Å². The average Bonchev–Trinajstić information content (AvgIpc) is 2.97. The fourth-order valence-corrected chi connectivity index (χ4v) is 5.04. The van der Waals surface area contributed by atoms with E-state index in [0.29, 0.717) is 18.2 Å². The Hall–Kier alpha value is -3.67. The fourth-order valence-electron chi connectivity index (χ4n) is 3.76. The smallest absolute Gasteiger partial charge is 0.329 e. The molecule has 2 N–H and O–H groups in total. The number of amides is 3. The summed E-state index contributed by atoms with van der Waals surface area (Å²) < 4.78 is 67.1. The number of hydrogen-bond acceptors (Lipinski definition) is 5. The molecule has 0 spiro atoms. The summed E-state index contributed by atoms with van der Waals surface area (Å²) in [5.74, 6) is -2.09. The quantitative estimate of drug-likeness (QED) is 0.655. The van der Waals surface area contributed by atoms with Crippen LogP contribution in [-0.2, 0) is 21.0 Å². The zero-order chi connectivity index (χ0) is 24.1. The largest absolute Gasteiger partial charge is 0.417 e. The summed E-state index contributed by atoms with van der Waals surface area (Å²) in [6.45, 7) is 3.64. The number of imide groups is 1. The first-order valence-electron chi connectivity index (χ1n) is 9.60. The van der Waals surface area contributed by atoms with Crippen LogP contribution >= 0.6 is 0 Å². The van der Waals surface area contributed by atoms with Gasteiger partial charge in [-0.3, -0.25) is 24.0 Å². The Morgan fingerprint density at radius 1 is 1.03 bits per heavy atom. The number of benzene rings is 2. The number of rotatable bonds is 4. The van der Waals surface area contributed by atoms with Gasteiger partial charge in [-0.05, 0) is 43.2 Å². The van der Waals surface area contributed by atoms with Crippen LogP contribution in [-0.4, -0.2) is 37.1 Å². The lowest BCUT2D eigenvalue weighted by molar-refractivity contribution is -0.139. The Bertz CT molecular complexity index is 1320. The van der Waals surface area contributed by atoms with Gasteiger partial charge < -0.3 is 5.32 Å². The Balaban J connectivity index is 1.65. The van der Waals surface area contributed by atoms with E-state index < -0.39 is 50.4 Å². The van der Waals surface area contributed by atoms with E-state index in [1.807, 2.05) is 4.72 Å². The molecule has 0 radical (unpaired) electrons. The summed E-state index contributed by atoms with van der Waals surface area (Å²) in [5.41, 5.74) is -1.31. The average molecular weight is 479 g/mol. The number of allylic oxidation sites excluding steroid dienone is 1. The Morgan fingerprint density at radius 3 is 2.36 bits per heavy atom. The zero-order valence-corrected chi connectivity index (χ0v) is 17.6. The predicted octanol–water partition coefficient (Wildman–Crippen LogP) is 2.89. The van der Waals surface area contributed by atoms with E-state index in [-0.39, 0.29) is 23.2 Å². The number of piperidine rings is 1. The third-order valence-corrected chi connectivity index (χ3v) is 6.73. The van der Waals surface area contributed by atoms with Gasteiger partial charge in [-0.25, -0.2) is 8.42 Å². The van der Waals surface area contributed by atoms with Gasteiger partial charge >= 0.3 is 6.18 Å². The first kappa shape index (κ1) is 22.5. The highest BCUT2D eigenvalue weighted by Crippen LogP contribution is 2.35. The van der Waals surface area contributed by atoms with Gasteiger partial charge in [-0.1, -0.05) is 18.7 Å². The number of sulfonamides is 1. The van der Waals surface area contributed by atoms with Crippen molar-refractivity contribution in [1.82, 2.24) is 10.2 Å². The van der Waals surface area contributed by atoms with Gasteiger partial charge in [-0.2, -0.15) is 13.2 Å². The van der Waals surface area contributed by atoms with Crippen molar-refractivity contribution in [2.45, 2.75) is 30.0 Å². The highest BCUT2D eigenvalue weighted by molar-refractivity contribution is 7.92. The van der Waals surface area contributed by atoms with Crippen LogP contribution < -0.4 is 10.0 Å². The van der Waals surface area contributed by atoms with Gasteiger partial charge in [0.05, 0.1) is 21.6 Å². The van der Waals surface area contributed by atoms with Crippen molar-refractivity contribution in [3.05, 3.63) is 71.4 Å². The van der Waals surface area contributed by atoms with Crippen molar-refractivity contribution >= 4 is 33.4 Å². The SMILES string of the molecule is C=C1CCC(N2C(=O)c3ccc(NS(=O)(=O)c4ccccc4C(F)(F)F)cc3C2=O)C(=O)N1. The molecular weight excluding hydrogens is 463 g/mol. The van der Waals surface area contributed by atoms with Crippen LogP contribution in [0, 0.1) is 0 Å². The summed E-state index contributed by atoms with van der Waals surface area (Å²) in [4.78, 5) is 37.7. The minimum absolute atomic E-state index is 0.0455. The summed E-state index contributed by atoms with van der Waals surface area (Å²) in [5, 5.41) is 2.49. The van der Waals surface area contributed by atoms with Crippen molar-refractivity contribution in [2.75, 3.05) is 4.72 Å². The van der Waals surface area contributed by atoms with Crippen LogP contribution in [0.4, 0.5) is 18.9 Å². The minimum Gasteiger partial charge on any atom is -0.329 e. The number of halogens is 3. The summed E-state index contributed by atoms with van der Waals surface area (Å²) >= 11 is 0. The molecule has 0 aromatic heterocycles. The molecule has 1 saturated heterocycles. The summed E-state index contributed by atoms with van der Waals surface area (Å²) in [6, 6.07) is 6.01. The van der Waals surface area contributed by atoms with Gasteiger partial charge in [0.2, 0.25) is 5.91 Å². The van der Waals surface area contributed by atoms with Crippen molar-refractivity contribution in [3.63, 3.8) is 0 Å². The molecule has 2 aromatic rings. The fraction of sp³-hybridized carbons (Fsp3) is 0.190. The molecule has 1 unspecified atom stereocenters. The zero-order valence-electron chi connectivity index (χ0n) is 16.8. The molecule has 0 bridgehead atoms. The molecular formula is C21H16F3N3O5S. The molecule has 12 heteroatoms. The lowest BCUT2D eigenvalue weighted by Gasteiger charge is -2.29. The highest BCUT2D eigenvalue weighted by Gasteiger charge is 2.44. The molecule has 33 heavy (non-hydrogen) atoms. The standard InChI is InChI=1S/C21H16F3N3O5S/c1-11-6-9-16(18(28)25-11)27-19(29)13-8-7-12(10-14(13)20(27)30)26-33(31,32)17-5-3-2-4-15(17)21(22,23)24/h2-5,7-8,10,16,26H,1,6,9H2,(H,25,28). The van der Waals surface area contributed by atoms with Crippen LogP contribution in [0.2, 0.25) is 0 Å². The first-order valence-corrected chi connectivity index (χ1v) is 11.1. The van der Waals surface area contributed by atoms with Gasteiger partial charge in [0.1, 0.15) is 6.04 Å². The van der Waals surface area contributed by atoms with E-state index in [1.54, 1.807) is 0 Å². The molecule has 2 aliphatic heterocycles. The number of anilines is 1. The predicted molar refractivity (Wildman–Crippen MR) is 109 cm³/mol. The number of nitrogens with one attached hydrogen (secondary N) is 2. The third kappa shape index (κ3) is 3.97. The van der Waals surface area contributed by atoms with Gasteiger partial charge in [0.15, 0.2) is 0 Å². The van der Waals surface area contributed by atoms with Gasteiger partial charge in [0.25, 0.3) is 21.8 Å². The summed E-state index contributed by atoms with van der Waals surface area (Å²) in [6.07, 6.45) is -4.35. The van der Waals surface area contributed by atoms with Crippen LogP contribution in [0.15, 0.2) is 59.6 Å². The number of nitrogens with zero attached hydrogens (tertiary/aromatic N) is 1. The van der Waals surface area contributed by atoms with Crippen LogP contribution in [0.3, 0.4) is 0 Å². The molecule has 1 atom stereocenters. The second-order valence-electron chi connectivity index (χ2n) is 7.49. The van der Waals surface area contributed by atoms with Crippen molar-refractivity contribution in [1.29, 1.82) is 0 Å². The number of hydrogen-bond donors (Lipinski definition) is 2. The maximum absolute atomic E-state index is 13.2. The van der Waals surface area contributed by atoms with E-state index in [0.717, 1.165) is 35.2 Å². The molecule has 2 aliphatic rings. The van der Waals surface area contributed by atoms with E-state index in [9.17, 15) is 36.0 Å². The molecule has 2 aromatic carbocycles. The minimum atomic E-state index is -4.90. The molecule has 0 aliphatic carbocycles. The maximum atomic E-state index is 13.2. The molecule has 4 rings (SSSR count). The van der Waals surface area contributed by atoms with E-state index in [2.05, 4.69) is 11.9 Å². The van der Waals surface area contributed by atoms with Gasteiger partial charge in [-0.15, -0.1) is 0 Å². The topological polar surface area (TPSA) is 113 Å². The summed E-state index contributed by atoms with van der Waals surface area (Å²) in [7, 11) is -4.68. The number of alkyl halides is 3. The molecule has 3 amide bonds. The lowest BCUT2D eigenvalue weighted by atomic mass is 10.0. The van der Waals surface area contributed by atoms with E-state index in [1.165, 1.54) is 6.07 Å². The molecule has 2 heterocycles. The molecule has 0 saturated carbocycles. The normalized spacial score (nSPS) is 18.9. The molecule has 1 fully saturated rings. The number of fused-ring (bicyclic) bond motifs is 1. The Labute approximate surface area is 186 Å². The van der Waals surface area contributed by atoms with Crippen molar-refractivity contribution in [3.8, 4) is 0 Å². The first-order chi connectivity index (χ1) is 15.4. The number of carbonyl (C=O) groups excluding carboxylic acids is 3. The van der Waals surface area contributed by atoms with E-state index >= 15 is 0 Å². The van der Waals surface area contributed by atoms with Gasteiger partial charge in [0, 0.05) is 11.4 Å². The van der Waals surface area contributed by atoms with Crippen molar-refractivity contribution < 1.29 is 36.0 Å². The second kappa shape index (κ2) is 7.73. The third-order valence-electron chi connectivity index (χ3n) is 5.29. The van der Waals surface area contributed by atoms with Crippen LogP contribution in [0.5, 0.6) is 0 Å². The Kier molecular flexibility index (Phi) is 5.27. The van der Waals surface area contributed by atoms with E-state index in [4.69, 9.17) is 0 Å². The Morgan fingerprint density at radius 2 is 1.70 bits per heavy atom. The highest BCUT2D eigenvalue weighted by atomic mass is 32.2. The maximum Gasteiger partial charge on any atom is 0.417 e. The molecule has 8 nitrogen and oxygen atoms in total. The molecule has 172 valence electrons. The van der Waals surface area contributed by atoms with Crippen LogP contribution in [0.25, 0.3) is 0 Å². The number of carbonyl (C=O) groups is 3.